The standard InChI is InChI=1S/C20H21NO4S/c1-14(23)26-19-11-20(24)21(18(19)13-22)12-15-7-9-17(10-8-15)25-16-5-3-2-4-6-16/h2-10,18-19,22H,11-13H2,1H3. The van der Waals surface area contributed by atoms with Gasteiger partial charge in [-0.15, -0.1) is 0 Å². The molecule has 2 aromatic carbocycles. The first kappa shape index (κ1) is 18.5. The van der Waals surface area contributed by atoms with Gasteiger partial charge in [-0.05, 0) is 29.8 Å². The van der Waals surface area contributed by atoms with Gasteiger partial charge in [0.1, 0.15) is 11.5 Å². The van der Waals surface area contributed by atoms with Gasteiger partial charge in [-0.3, -0.25) is 9.59 Å². The van der Waals surface area contributed by atoms with E-state index in [1.165, 1.54) is 6.92 Å². The van der Waals surface area contributed by atoms with Crippen LogP contribution in [0.2, 0.25) is 0 Å². The second-order valence-electron chi connectivity index (χ2n) is 6.18. The summed E-state index contributed by atoms with van der Waals surface area (Å²) in [5, 5.41) is 9.46. The molecule has 0 spiro atoms. The Morgan fingerprint density at radius 1 is 1.15 bits per heavy atom. The highest BCUT2D eigenvalue weighted by Crippen LogP contribution is 2.31. The maximum Gasteiger partial charge on any atom is 0.224 e. The van der Waals surface area contributed by atoms with Crippen LogP contribution in [0, 0.1) is 0 Å². The molecule has 0 saturated carbocycles. The third-order valence-electron chi connectivity index (χ3n) is 4.29. The molecule has 1 saturated heterocycles. The Hall–Kier alpha value is -2.31. The fraction of sp³-hybridized carbons (Fsp3) is 0.300. The normalized spacial score (nSPS) is 19.6. The molecule has 2 atom stereocenters. The molecule has 2 unspecified atom stereocenters. The number of hydrogen-bond donors (Lipinski definition) is 1. The van der Waals surface area contributed by atoms with Crippen molar-refractivity contribution in [1.29, 1.82) is 0 Å². The van der Waals surface area contributed by atoms with E-state index in [9.17, 15) is 14.7 Å². The molecule has 1 N–H and O–H groups in total. The van der Waals surface area contributed by atoms with Gasteiger partial charge in [-0.2, -0.15) is 0 Å². The molecule has 1 aliphatic rings. The van der Waals surface area contributed by atoms with Gasteiger partial charge in [-0.1, -0.05) is 42.1 Å². The minimum Gasteiger partial charge on any atom is -0.457 e. The van der Waals surface area contributed by atoms with E-state index in [0.717, 1.165) is 28.8 Å². The molecule has 0 aromatic heterocycles. The van der Waals surface area contributed by atoms with Crippen LogP contribution in [0.4, 0.5) is 0 Å². The monoisotopic (exact) mass is 371 g/mol. The summed E-state index contributed by atoms with van der Waals surface area (Å²) < 4.78 is 5.77. The minimum atomic E-state index is -0.336. The summed E-state index contributed by atoms with van der Waals surface area (Å²) >= 11 is 1.14. The van der Waals surface area contributed by atoms with Crippen molar-refractivity contribution in [3.05, 3.63) is 60.2 Å². The van der Waals surface area contributed by atoms with E-state index >= 15 is 0 Å². The zero-order valence-electron chi connectivity index (χ0n) is 14.5. The molecule has 5 nitrogen and oxygen atoms in total. The predicted octanol–water partition coefficient (Wildman–Crippen LogP) is 3.22. The summed E-state index contributed by atoms with van der Waals surface area (Å²) in [5.41, 5.74) is 0.950. The highest BCUT2D eigenvalue weighted by molar-refractivity contribution is 8.14. The lowest BCUT2D eigenvalue weighted by atomic mass is 10.2. The van der Waals surface area contributed by atoms with Gasteiger partial charge in [0.15, 0.2) is 5.12 Å². The lowest BCUT2D eigenvalue weighted by Crippen LogP contribution is -2.38. The van der Waals surface area contributed by atoms with E-state index in [1.807, 2.05) is 54.6 Å². The van der Waals surface area contributed by atoms with Gasteiger partial charge in [0.05, 0.1) is 12.6 Å². The van der Waals surface area contributed by atoms with Gasteiger partial charge in [-0.25, -0.2) is 0 Å². The molecule has 136 valence electrons. The summed E-state index contributed by atoms with van der Waals surface area (Å²) in [4.78, 5) is 25.3. The van der Waals surface area contributed by atoms with Crippen LogP contribution in [0.25, 0.3) is 0 Å². The van der Waals surface area contributed by atoms with Crippen molar-refractivity contribution >= 4 is 22.8 Å². The van der Waals surface area contributed by atoms with Crippen LogP contribution in [-0.2, 0) is 16.1 Å². The minimum absolute atomic E-state index is 0.0348. The number of likely N-dealkylation sites (tertiary alicyclic amines) is 1. The fourth-order valence-corrected chi connectivity index (χ4v) is 4.09. The first-order valence-corrected chi connectivity index (χ1v) is 9.34. The van der Waals surface area contributed by atoms with Crippen LogP contribution in [0.3, 0.4) is 0 Å². The quantitative estimate of drug-likeness (QED) is 0.844. The maximum absolute atomic E-state index is 12.3. The number of benzene rings is 2. The van der Waals surface area contributed by atoms with Crippen molar-refractivity contribution in [3.63, 3.8) is 0 Å². The Kier molecular flexibility index (Phi) is 5.96. The Labute approximate surface area is 157 Å². The van der Waals surface area contributed by atoms with Crippen molar-refractivity contribution in [2.75, 3.05) is 6.61 Å². The van der Waals surface area contributed by atoms with Crippen molar-refractivity contribution in [3.8, 4) is 11.5 Å². The molecule has 1 heterocycles. The van der Waals surface area contributed by atoms with Crippen molar-refractivity contribution in [2.24, 2.45) is 0 Å². The van der Waals surface area contributed by atoms with E-state index in [-0.39, 0.29) is 35.3 Å². The molecule has 26 heavy (non-hydrogen) atoms. The zero-order chi connectivity index (χ0) is 18.5. The summed E-state index contributed by atoms with van der Waals surface area (Å²) in [7, 11) is 0. The molecule has 0 aliphatic carbocycles. The van der Waals surface area contributed by atoms with Crippen molar-refractivity contribution in [2.45, 2.75) is 31.2 Å². The average molecular weight is 371 g/mol. The topological polar surface area (TPSA) is 66.8 Å². The van der Waals surface area contributed by atoms with Crippen LogP contribution in [0.5, 0.6) is 11.5 Å². The summed E-state index contributed by atoms with van der Waals surface area (Å²) in [6.07, 6.45) is 0.282. The number of rotatable bonds is 6. The Morgan fingerprint density at radius 2 is 1.81 bits per heavy atom. The number of ether oxygens (including phenoxy) is 1. The smallest absolute Gasteiger partial charge is 0.224 e. The number of amides is 1. The van der Waals surface area contributed by atoms with Gasteiger partial charge >= 0.3 is 0 Å². The molecule has 3 rings (SSSR count). The Morgan fingerprint density at radius 3 is 2.42 bits per heavy atom. The lowest BCUT2D eigenvalue weighted by molar-refractivity contribution is -0.130. The van der Waals surface area contributed by atoms with Crippen LogP contribution < -0.4 is 4.74 Å². The van der Waals surface area contributed by atoms with Crippen LogP contribution >= 0.6 is 11.8 Å². The number of nitrogens with zero attached hydrogens (tertiary/aromatic N) is 1. The number of thioether (sulfide) groups is 1. The van der Waals surface area contributed by atoms with Gasteiger partial charge in [0.25, 0.3) is 0 Å². The Balaban J connectivity index is 1.66. The van der Waals surface area contributed by atoms with Gasteiger partial charge < -0.3 is 14.7 Å². The van der Waals surface area contributed by atoms with E-state index in [2.05, 4.69) is 0 Å². The van der Waals surface area contributed by atoms with Crippen LogP contribution in [-0.4, -0.2) is 38.9 Å². The number of carbonyl (C=O) groups excluding carboxylic acids is 2. The maximum atomic E-state index is 12.3. The third kappa shape index (κ3) is 4.45. The number of para-hydroxylation sites is 1. The van der Waals surface area contributed by atoms with E-state index in [4.69, 9.17) is 4.74 Å². The molecule has 0 radical (unpaired) electrons. The number of carbonyl (C=O) groups is 2. The number of aliphatic hydroxyl groups is 1. The van der Waals surface area contributed by atoms with Crippen molar-refractivity contribution in [1.82, 2.24) is 4.90 Å². The van der Waals surface area contributed by atoms with Crippen LogP contribution in [0.15, 0.2) is 54.6 Å². The van der Waals surface area contributed by atoms with E-state index in [0.29, 0.717) is 6.54 Å². The highest BCUT2D eigenvalue weighted by atomic mass is 32.2. The predicted molar refractivity (Wildman–Crippen MR) is 101 cm³/mol. The largest absolute Gasteiger partial charge is 0.457 e. The molecular weight excluding hydrogens is 350 g/mol. The summed E-state index contributed by atoms with van der Waals surface area (Å²) in [5.74, 6) is 1.45. The van der Waals surface area contributed by atoms with Gasteiger partial charge in [0.2, 0.25) is 5.91 Å². The van der Waals surface area contributed by atoms with E-state index < -0.39 is 0 Å². The number of aliphatic hydroxyl groups excluding tert-OH is 1. The summed E-state index contributed by atoms with van der Waals surface area (Å²) in [6.45, 7) is 1.74. The fourth-order valence-electron chi connectivity index (χ4n) is 3.05. The third-order valence-corrected chi connectivity index (χ3v) is 5.40. The second-order valence-corrected chi connectivity index (χ2v) is 7.60. The molecule has 0 bridgehead atoms. The second kappa shape index (κ2) is 8.38. The molecule has 1 amide bonds. The first-order chi connectivity index (χ1) is 12.6. The summed E-state index contributed by atoms with van der Waals surface area (Å²) in [6, 6.07) is 16.7. The number of hydrogen-bond acceptors (Lipinski definition) is 5. The molecule has 1 aliphatic heterocycles. The average Bonchev–Trinajstić information content (AvgIpc) is 2.91. The molecule has 1 fully saturated rings. The van der Waals surface area contributed by atoms with Crippen LogP contribution in [0.1, 0.15) is 18.9 Å². The molecule has 2 aromatic rings. The van der Waals surface area contributed by atoms with Crippen molar-refractivity contribution < 1.29 is 19.4 Å². The Bertz CT molecular complexity index is 763. The van der Waals surface area contributed by atoms with Gasteiger partial charge in [0, 0.05) is 25.1 Å². The van der Waals surface area contributed by atoms with E-state index in [1.54, 1.807) is 4.90 Å². The SMILES string of the molecule is CC(=O)SC1CC(=O)N(Cc2ccc(Oc3ccccc3)cc2)C1CO. The zero-order valence-corrected chi connectivity index (χ0v) is 15.3. The molecule has 6 heteroatoms. The lowest BCUT2D eigenvalue weighted by Gasteiger charge is -2.26. The highest BCUT2D eigenvalue weighted by Gasteiger charge is 2.40. The first-order valence-electron chi connectivity index (χ1n) is 8.46. The molecular formula is C20H21NO4S.